The highest BCUT2D eigenvalue weighted by Gasteiger charge is 2.18. The molecule has 0 bridgehead atoms. The Kier molecular flexibility index (Phi) is 6.25. The molecule has 3 heteroatoms. The third-order valence-electron chi connectivity index (χ3n) is 4.96. The van der Waals surface area contributed by atoms with E-state index in [1.807, 2.05) is 19.9 Å². The number of rotatable bonds is 6. The fourth-order valence-electron chi connectivity index (χ4n) is 3.54. The molecule has 1 heterocycles. The van der Waals surface area contributed by atoms with Gasteiger partial charge in [-0.15, -0.1) is 0 Å². The molecule has 2 atom stereocenters. The lowest BCUT2D eigenvalue weighted by atomic mass is 9.91. The minimum Gasteiger partial charge on any atom is -0.502 e. The Morgan fingerprint density at radius 1 is 1.18 bits per heavy atom. The molecule has 0 aliphatic carbocycles. The summed E-state index contributed by atoms with van der Waals surface area (Å²) in [5, 5.41) is 3.65. The lowest BCUT2D eigenvalue weighted by molar-refractivity contribution is 0.196. The van der Waals surface area contributed by atoms with E-state index < -0.39 is 0 Å². The van der Waals surface area contributed by atoms with E-state index in [0.29, 0.717) is 0 Å². The van der Waals surface area contributed by atoms with E-state index in [2.05, 4.69) is 73.8 Å². The van der Waals surface area contributed by atoms with Gasteiger partial charge in [0.1, 0.15) is 6.10 Å². The smallest absolute Gasteiger partial charge is 0.117 e. The molecule has 0 fully saturated rings. The molecule has 0 spiro atoms. The molecule has 2 aromatic rings. The van der Waals surface area contributed by atoms with E-state index in [4.69, 9.17) is 9.47 Å². The van der Waals surface area contributed by atoms with Crippen LogP contribution in [0, 0.1) is 13.8 Å². The van der Waals surface area contributed by atoms with Crippen molar-refractivity contribution in [3.63, 3.8) is 0 Å². The fourth-order valence-corrected chi connectivity index (χ4v) is 3.54. The van der Waals surface area contributed by atoms with Crippen LogP contribution in [0.5, 0.6) is 0 Å². The van der Waals surface area contributed by atoms with E-state index >= 15 is 0 Å². The average Bonchev–Trinajstić information content (AvgIpc) is 2.68. The minimum absolute atomic E-state index is 0.0509. The lowest BCUT2D eigenvalue weighted by Crippen LogP contribution is -2.14. The van der Waals surface area contributed by atoms with Crippen LogP contribution in [-0.4, -0.2) is 13.2 Å². The minimum atomic E-state index is -0.0509. The monoisotopic (exact) mass is 375 g/mol. The Bertz CT molecular complexity index is 924. The predicted molar refractivity (Wildman–Crippen MR) is 118 cm³/mol. The van der Waals surface area contributed by atoms with E-state index in [9.17, 15) is 0 Å². The van der Waals surface area contributed by atoms with Gasteiger partial charge in [0.25, 0.3) is 0 Å². The highest BCUT2D eigenvalue weighted by molar-refractivity contribution is 5.73. The second kappa shape index (κ2) is 8.83. The number of hydrogen-bond donors (Lipinski definition) is 1. The molecule has 3 rings (SSSR count). The van der Waals surface area contributed by atoms with Crippen molar-refractivity contribution >= 4 is 17.8 Å². The van der Waals surface area contributed by atoms with Gasteiger partial charge in [0.05, 0.1) is 25.2 Å². The van der Waals surface area contributed by atoms with E-state index in [1.165, 1.54) is 27.8 Å². The van der Waals surface area contributed by atoms with Gasteiger partial charge in [-0.3, -0.25) is 0 Å². The van der Waals surface area contributed by atoms with Crippen LogP contribution in [0.15, 0.2) is 60.6 Å². The van der Waals surface area contributed by atoms with Gasteiger partial charge in [-0.1, -0.05) is 48.0 Å². The summed E-state index contributed by atoms with van der Waals surface area (Å²) in [6.45, 7) is 8.21. The maximum absolute atomic E-state index is 5.83. The van der Waals surface area contributed by atoms with Crippen LogP contribution in [0.1, 0.15) is 47.7 Å². The number of nitrogens with one attached hydrogen (secondary N) is 1. The molecule has 3 nitrogen and oxygen atoms in total. The number of allylic oxidation sites excluding steroid dienone is 1. The van der Waals surface area contributed by atoms with Gasteiger partial charge in [-0.2, -0.15) is 0 Å². The number of hydrogen-bond acceptors (Lipinski definition) is 3. The summed E-state index contributed by atoms with van der Waals surface area (Å²) in [5.74, 6) is 0.850. The maximum Gasteiger partial charge on any atom is 0.117 e. The largest absolute Gasteiger partial charge is 0.502 e. The zero-order valence-electron chi connectivity index (χ0n) is 17.3. The summed E-state index contributed by atoms with van der Waals surface area (Å²) < 4.78 is 11.0. The normalized spacial score (nSPS) is 17.2. The van der Waals surface area contributed by atoms with Crippen LogP contribution in [-0.2, 0) is 9.47 Å². The first kappa shape index (κ1) is 19.8. The lowest BCUT2D eigenvalue weighted by Gasteiger charge is -2.25. The van der Waals surface area contributed by atoms with Crippen molar-refractivity contribution in [2.45, 2.75) is 39.8 Å². The van der Waals surface area contributed by atoms with Gasteiger partial charge in [0.2, 0.25) is 0 Å². The van der Waals surface area contributed by atoms with Crippen LogP contribution >= 0.6 is 0 Å². The SMILES string of the molecule is CO/C(C)=C\C(C)O/C=C/c1c(C)cc(C)cc1C1C=Cc2ccccc2N1. The second-order valence-corrected chi connectivity index (χ2v) is 7.28. The van der Waals surface area contributed by atoms with Gasteiger partial charge < -0.3 is 14.8 Å². The molecular formula is C25H29NO2. The van der Waals surface area contributed by atoms with Gasteiger partial charge >= 0.3 is 0 Å². The number of para-hydroxylation sites is 1. The van der Waals surface area contributed by atoms with Crippen LogP contribution in [0.3, 0.4) is 0 Å². The summed E-state index contributed by atoms with van der Waals surface area (Å²) in [4.78, 5) is 0. The number of anilines is 1. The standard InChI is InChI=1S/C25H29NO2/c1-17-14-18(2)22(12-13-28-20(4)16-19(3)27-5)23(15-17)25-11-10-21-8-6-7-9-24(21)26-25/h6-16,20,25-26H,1-5H3/b13-12+,19-16-. The maximum atomic E-state index is 5.83. The Balaban J connectivity index is 1.86. The summed E-state index contributed by atoms with van der Waals surface area (Å²) in [5.41, 5.74) is 7.31. The second-order valence-electron chi connectivity index (χ2n) is 7.28. The molecule has 0 aromatic heterocycles. The Morgan fingerprint density at radius 2 is 1.96 bits per heavy atom. The molecule has 0 saturated carbocycles. The molecule has 28 heavy (non-hydrogen) atoms. The van der Waals surface area contributed by atoms with Gasteiger partial charge in [-0.05, 0) is 68.2 Å². The Morgan fingerprint density at radius 3 is 2.75 bits per heavy atom. The fraction of sp³-hybridized carbons (Fsp3) is 0.280. The Labute approximate surface area is 168 Å². The molecule has 0 radical (unpaired) electrons. The zero-order valence-corrected chi connectivity index (χ0v) is 17.3. The molecule has 1 aliphatic heterocycles. The van der Waals surface area contributed by atoms with Crippen molar-refractivity contribution < 1.29 is 9.47 Å². The highest BCUT2D eigenvalue weighted by atomic mass is 16.5. The highest BCUT2D eigenvalue weighted by Crippen LogP contribution is 2.33. The van der Waals surface area contributed by atoms with Crippen molar-refractivity contribution in [3.05, 3.63) is 88.4 Å². The number of ether oxygens (including phenoxy) is 2. The quantitative estimate of drug-likeness (QED) is 0.592. The van der Waals surface area contributed by atoms with Gasteiger partial charge in [0.15, 0.2) is 0 Å². The van der Waals surface area contributed by atoms with E-state index in [0.717, 1.165) is 11.4 Å². The zero-order chi connectivity index (χ0) is 20.1. The van der Waals surface area contributed by atoms with Crippen molar-refractivity contribution in [2.75, 3.05) is 12.4 Å². The first-order valence-electron chi connectivity index (χ1n) is 9.67. The first-order chi connectivity index (χ1) is 13.5. The summed E-state index contributed by atoms with van der Waals surface area (Å²) in [7, 11) is 1.67. The molecule has 0 saturated heterocycles. The molecule has 2 aromatic carbocycles. The molecule has 1 N–H and O–H groups in total. The van der Waals surface area contributed by atoms with Crippen molar-refractivity contribution in [2.24, 2.45) is 0 Å². The third kappa shape index (κ3) is 4.66. The first-order valence-corrected chi connectivity index (χ1v) is 9.67. The Hall–Kier alpha value is -2.94. The van der Waals surface area contributed by atoms with Crippen molar-refractivity contribution in [3.8, 4) is 0 Å². The third-order valence-corrected chi connectivity index (χ3v) is 4.96. The van der Waals surface area contributed by atoms with Crippen LogP contribution in [0.25, 0.3) is 12.2 Å². The summed E-state index contributed by atoms with van der Waals surface area (Å²) in [6.07, 6.45) is 10.2. The summed E-state index contributed by atoms with van der Waals surface area (Å²) in [6, 6.07) is 13.0. The molecular weight excluding hydrogens is 346 g/mol. The van der Waals surface area contributed by atoms with Crippen molar-refractivity contribution in [1.29, 1.82) is 0 Å². The average molecular weight is 376 g/mol. The predicted octanol–water partition coefficient (Wildman–Crippen LogP) is 6.41. The molecule has 1 aliphatic rings. The van der Waals surface area contributed by atoms with Gasteiger partial charge in [0, 0.05) is 5.69 Å². The molecule has 146 valence electrons. The van der Waals surface area contributed by atoms with Crippen LogP contribution < -0.4 is 5.32 Å². The topological polar surface area (TPSA) is 30.5 Å². The summed E-state index contributed by atoms with van der Waals surface area (Å²) >= 11 is 0. The number of methoxy groups -OCH3 is 1. The van der Waals surface area contributed by atoms with Crippen LogP contribution in [0.2, 0.25) is 0 Å². The number of benzene rings is 2. The number of fused-ring (bicyclic) bond motifs is 1. The molecule has 0 amide bonds. The van der Waals surface area contributed by atoms with Gasteiger partial charge in [-0.25, -0.2) is 0 Å². The van der Waals surface area contributed by atoms with Crippen LogP contribution in [0.4, 0.5) is 5.69 Å². The van der Waals surface area contributed by atoms with E-state index in [-0.39, 0.29) is 12.1 Å². The molecule has 2 unspecified atom stereocenters. The van der Waals surface area contributed by atoms with E-state index in [1.54, 1.807) is 13.4 Å². The number of aryl methyl sites for hydroxylation is 2. The van der Waals surface area contributed by atoms with Crippen molar-refractivity contribution in [1.82, 2.24) is 0 Å².